The summed E-state index contributed by atoms with van der Waals surface area (Å²) < 4.78 is 0. The van der Waals surface area contributed by atoms with Gasteiger partial charge in [0, 0.05) is 24.1 Å². The molecule has 0 bridgehead atoms. The number of hydrogen-bond donors (Lipinski definition) is 3. The van der Waals surface area contributed by atoms with Gasteiger partial charge in [-0.05, 0) is 36.8 Å². The Morgan fingerprint density at radius 1 is 1.30 bits per heavy atom. The zero-order valence-corrected chi connectivity index (χ0v) is 11.4. The van der Waals surface area contributed by atoms with Gasteiger partial charge in [0.15, 0.2) is 0 Å². The van der Waals surface area contributed by atoms with E-state index in [4.69, 9.17) is 0 Å². The van der Waals surface area contributed by atoms with Crippen LogP contribution in [0.1, 0.15) is 29.8 Å². The van der Waals surface area contributed by atoms with E-state index in [1.165, 1.54) is 0 Å². The topological polar surface area (TPSA) is 65.1 Å². The molecule has 3 rings (SSSR count). The molecule has 0 radical (unpaired) electrons. The standard InChI is InChI=1S/C16H20N2O2/c19-10-13-6-3-5-12(13)9-17-16(20)15-8-11-4-1-2-7-14(11)18-15/h1-2,4,7-8,12-13,18-19H,3,5-6,9-10H2,(H,17,20). The number of amides is 1. The van der Waals surface area contributed by atoms with Gasteiger partial charge in [-0.1, -0.05) is 24.6 Å². The number of benzene rings is 1. The van der Waals surface area contributed by atoms with Crippen molar-refractivity contribution >= 4 is 16.8 Å². The summed E-state index contributed by atoms with van der Waals surface area (Å²) in [5.74, 6) is 0.691. The van der Waals surface area contributed by atoms with E-state index >= 15 is 0 Å². The smallest absolute Gasteiger partial charge is 0.267 e. The molecule has 1 aromatic carbocycles. The molecule has 1 fully saturated rings. The SMILES string of the molecule is O=C(NCC1CCCC1CO)c1cc2ccccc2[nH]1. The molecule has 2 unspecified atom stereocenters. The molecular weight excluding hydrogens is 252 g/mol. The van der Waals surface area contributed by atoms with Gasteiger partial charge in [0.1, 0.15) is 5.69 Å². The number of aromatic amines is 1. The number of H-pyrrole nitrogens is 1. The van der Waals surface area contributed by atoms with Crippen LogP contribution in [-0.4, -0.2) is 29.1 Å². The highest BCUT2D eigenvalue weighted by Crippen LogP contribution is 2.30. The lowest BCUT2D eigenvalue weighted by molar-refractivity contribution is 0.0933. The minimum absolute atomic E-state index is 0.0650. The Morgan fingerprint density at radius 3 is 2.90 bits per heavy atom. The molecule has 0 saturated heterocycles. The predicted molar refractivity (Wildman–Crippen MR) is 78.5 cm³/mol. The molecule has 1 aromatic heterocycles. The Kier molecular flexibility index (Phi) is 3.74. The number of nitrogens with one attached hydrogen (secondary N) is 2. The fourth-order valence-electron chi connectivity index (χ4n) is 3.14. The Bertz CT molecular complexity index is 572. The maximum absolute atomic E-state index is 12.2. The number of fused-ring (bicyclic) bond motifs is 1. The second-order valence-corrected chi connectivity index (χ2v) is 5.61. The molecule has 1 aliphatic rings. The van der Waals surface area contributed by atoms with E-state index in [2.05, 4.69) is 10.3 Å². The van der Waals surface area contributed by atoms with Crippen molar-refractivity contribution in [2.75, 3.05) is 13.2 Å². The molecule has 2 atom stereocenters. The number of carbonyl (C=O) groups excluding carboxylic acids is 1. The molecule has 1 heterocycles. The van der Waals surface area contributed by atoms with E-state index in [0.717, 1.165) is 30.2 Å². The van der Waals surface area contributed by atoms with Crippen LogP contribution < -0.4 is 5.32 Å². The molecule has 1 aliphatic carbocycles. The Balaban J connectivity index is 1.64. The lowest BCUT2D eigenvalue weighted by Gasteiger charge is -2.17. The first kappa shape index (κ1) is 13.2. The van der Waals surface area contributed by atoms with Crippen LogP contribution in [0.25, 0.3) is 10.9 Å². The normalized spacial score (nSPS) is 22.2. The van der Waals surface area contributed by atoms with Crippen molar-refractivity contribution in [1.29, 1.82) is 0 Å². The van der Waals surface area contributed by atoms with Crippen molar-refractivity contribution in [3.8, 4) is 0 Å². The number of rotatable bonds is 4. The van der Waals surface area contributed by atoms with Gasteiger partial charge in [-0.2, -0.15) is 0 Å². The van der Waals surface area contributed by atoms with Crippen LogP contribution in [0.4, 0.5) is 0 Å². The lowest BCUT2D eigenvalue weighted by atomic mass is 9.97. The van der Waals surface area contributed by atoms with Gasteiger partial charge in [0.2, 0.25) is 0 Å². The zero-order chi connectivity index (χ0) is 13.9. The molecule has 20 heavy (non-hydrogen) atoms. The second kappa shape index (κ2) is 5.67. The maximum Gasteiger partial charge on any atom is 0.267 e. The Hall–Kier alpha value is -1.81. The number of aliphatic hydroxyl groups is 1. The van der Waals surface area contributed by atoms with Gasteiger partial charge in [-0.25, -0.2) is 0 Å². The first-order chi connectivity index (χ1) is 9.78. The molecule has 1 amide bonds. The van der Waals surface area contributed by atoms with Gasteiger partial charge in [-0.3, -0.25) is 4.79 Å². The first-order valence-electron chi connectivity index (χ1n) is 7.24. The van der Waals surface area contributed by atoms with Crippen molar-refractivity contribution in [3.63, 3.8) is 0 Å². The van der Waals surface area contributed by atoms with Gasteiger partial charge >= 0.3 is 0 Å². The zero-order valence-electron chi connectivity index (χ0n) is 11.4. The summed E-state index contributed by atoms with van der Waals surface area (Å²) in [4.78, 5) is 15.3. The first-order valence-corrected chi connectivity index (χ1v) is 7.24. The minimum atomic E-state index is -0.0650. The van der Waals surface area contributed by atoms with Gasteiger partial charge in [0.25, 0.3) is 5.91 Å². The molecule has 0 spiro atoms. The van der Waals surface area contributed by atoms with E-state index < -0.39 is 0 Å². The van der Waals surface area contributed by atoms with Crippen LogP contribution in [0, 0.1) is 11.8 Å². The highest BCUT2D eigenvalue weighted by Gasteiger charge is 2.26. The number of carbonyl (C=O) groups is 1. The van der Waals surface area contributed by atoms with Crippen LogP contribution in [0.2, 0.25) is 0 Å². The molecule has 2 aromatic rings. The van der Waals surface area contributed by atoms with Crippen molar-refractivity contribution in [2.24, 2.45) is 11.8 Å². The van der Waals surface area contributed by atoms with Crippen LogP contribution in [0.15, 0.2) is 30.3 Å². The fourth-order valence-corrected chi connectivity index (χ4v) is 3.14. The molecule has 1 saturated carbocycles. The maximum atomic E-state index is 12.2. The summed E-state index contributed by atoms with van der Waals surface area (Å²) in [7, 11) is 0. The largest absolute Gasteiger partial charge is 0.396 e. The Morgan fingerprint density at radius 2 is 2.10 bits per heavy atom. The Labute approximate surface area is 118 Å². The van der Waals surface area contributed by atoms with Crippen molar-refractivity contribution in [2.45, 2.75) is 19.3 Å². The van der Waals surface area contributed by atoms with E-state index in [1.807, 2.05) is 30.3 Å². The molecule has 4 nitrogen and oxygen atoms in total. The second-order valence-electron chi connectivity index (χ2n) is 5.61. The van der Waals surface area contributed by atoms with E-state index in [0.29, 0.717) is 24.1 Å². The predicted octanol–water partition coefficient (Wildman–Crippen LogP) is 2.31. The van der Waals surface area contributed by atoms with E-state index in [9.17, 15) is 9.90 Å². The van der Waals surface area contributed by atoms with E-state index in [1.54, 1.807) is 0 Å². The average Bonchev–Trinajstić information content (AvgIpc) is 3.10. The average molecular weight is 272 g/mol. The third-order valence-electron chi connectivity index (χ3n) is 4.35. The van der Waals surface area contributed by atoms with Gasteiger partial charge in [-0.15, -0.1) is 0 Å². The van der Waals surface area contributed by atoms with E-state index in [-0.39, 0.29) is 12.5 Å². The lowest BCUT2D eigenvalue weighted by Crippen LogP contribution is -2.31. The molecule has 4 heteroatoms. The molecule has 0 aliphatic heterocycles. The number of para-hydroxylation sites is 1. The van der Waals surface area contributed by atoms with Crippen LogP contribution in [0.5, 0.6) is 0 Å². The quantitative estimate of drug-likeness (QED) is 0.799. The molecular formula is C16H20N2O2. The summed E-state index contributed by atoms with van der Waals surface area (Å²) in [6, 6.07) is 9.74. The van der Waals surface area contributed by atoms with Crippen LogP contribution in [0.3, 0.4) is 0 Å². The highest BCUT2D eigenvalue weighted by atomic mass is 16.3. The van der Waals surface area contributed by atoms with Gasteiger partial charge < -0.3 is 15.4 Å². The highest BCUT2D eigenvalue weighted by molar-refractivity contribution is 5.97. The molecule has 3 N–H and O–H groups in total. The minimum Gasteiger partial charge on any atom is -0.396 e. The third kappa shape index (κ3) is 2.56. The van der Waals surface area contributed by atoms with Crippen molar-refractivity contribution in [3.05, 3.63) is 36.0 Å². The molecule has 106 valence electrons. The summed E-state index contributed by atoms with van der Waals surface area (Å²) in [6.07, 6.45) is 3.32. The summed E-state index contributed by atoms with van der Waals surface area (Å²) in [6.45, 7) is 0.881. The fraction of sp³-hybridized carbons (Fsp3) is 0.438. The monoisotopic (exact) mass is 272 g/mol. The third-order valence-corrected chi connectivity index (χ3v) is 4.35. The van der Waals surface area contributed by atoms with Gasteiger partial charge in [0.05, 0.1) is 0 Å². The van der Waals surface area contributed by atoms with Crippen molar-refractivity contribution < 1.29 is 9.90 Å². The number of hydrogen-bond acceptors (Lipinski definition) is 2. The van der Waals surface area contributed by atoms with Crippen molar-refractivity contribution in [1.82, 2.24) is 10.3 Å². The van der Waals surface area contributed by atoms with Crippen LogP contribution in [-0.2, 0) is 0 Å². The summed E-state index contributed by atoms with van der Waals surface area (Å²) >= 11 is 0. The summed E-state index contributed by atoms with van der Waals surface area (Å²) in [5, 5.41) is 13.3. The van der Waals surface area contributed by atoms with Crippen LogP contribution >= 0.6 is 0 Å². The number of aliphatic hydroxyl groups excluding tert-OH is 1. The number of aromatic nitrogens is 1. The summed E-state index contributed by atoms with van der Waals surface area (Å²) in [5.41, 5.74) is 1.58.